The van der Waals surface area contributed by atoms with Crippen LogP contribution in [-0.2, 0) is 0 Å². The molecule has 90 valence electrons. The third-order valence-corrected chi connectivity index (χ3v) is 4.36. The number of halogens is 4. The Morgan fingerprint density at radius 1 is 0.500 bits per heavy atom. The SMILES string of the molecule is Clc1cc2ccc3cc(Cl)c(Cl)cc3c2cc1Cl. The summed E-state index contributed by atoms with van der Waals surface area (Å²) in [4.78, 5) is 0. The first kappa shape index (κ1) is 12.4. The number of rotatable bonds is 0. The van der Waals surface area contributed by atoms with Gasteiger partial charge in [0.2, 0.25) is 0 Å². The summed E-state index contributed by atoms with van der Waals surface area (Å²) in [7, 11) is 0. The van der Waals surface area contributed by atoms with Crippen molar-refractivity contribution in [1.82, 2.24) is 0 Å². The van der Waals surface area contributed by atoms with Gasteiger partial charge in [-0.15, -0.1) is 0 Å². The van der Waals surface area contributed by atoms with Crippen molar-refractivity contribution in [3.63, 3.8) is 0 Å². The first-order chi connectivity index (χ1) is 8.56. The summed E-state index contributed by atoms with van der Waals surface area (Å²) < 4.78 is 0. The third-order valence-electron chi connectivity index (χ3n) is 2.92. The molecule has 0 aromatic heterocycles. The van der Waals surface area contributed by atoms with Crippen molar-refractivity contribution < 1.29 is 0 Å². The molecule has 0 unspecified atom stereocenters. The number of fused-ring (bicyclic) bond motifs is 3. The Balaban J connectivity index is 2.52. The lowest BCUT2D eigenvalue weighted by Crippen LogP contribution is -1.80. The molecule has 3 rings (SSSR count). The minimum atomic E-state index is 0.530. The molecule has 0 spiro atoms. The van der Waals surface area contributed by atoms with Gasteiger partial charge in [-0.2, -0.15) is 0 Å². The van der Waals surface area contributed by atoms with Crippen LogP contribution in [0, 0.1) is 0 Å². The maximum absolute atomic E-state index is 6.07. The molecule has 0 bridgehead atoms. The van der Waals surface area contributed by atoms with Gasteiger partial charge >= 0.3 is 0 Å². The first-order valence-corrected chi connectivity index (χ1v) is 6.74. The Morgan fingerprint density at radius 3 is 1.22 bits per heavy atom. The van der Waals surface area contributed by atoms with E-state index >= 15 is 0 Å². The van der Waals surface area contributed by atoms with Crippen molar-refractivity contribution in [2.24, 2.45) is 0 Å². The highest BCUT2D eigenvalue weighted by Crippen LogP contribution is 2.35. The normalized spacial score (nSPS) is 11.3. The average Bonchev–Trinajstić information content (AvgIpc) is 2.33. The van der Waals surface area contributed by atoms with Crippen molar-refractivity contribution >= 4 is 67.9 Å². The fourth-order valence-electron chi connectivity index (χ4n) is 2.05. The quantitative estimate of drug-likeness (QED) is 0.410. The molecule has 0 fully saturated rings. The Hall–Kier alpha value is -0.660. The van der Waals surface area contributed by atoms with E-state index in [0.717, 1.165) is 21.5 Å². The Labute approximate surface area is 124 Å². The second kappa shape index (κ2) is 4.47. The van der Waals surface area contributed by atoms with Crippen molar-refractivity contribution in [2.45, 2.75) is 0 Å². The highest BCUT2D eigenvalue weighted by atomic mass is 35.5. The van der Waals surface area contributed by atoms with E-state index in [2.05, 4.69) is 0 Å². The number of hydrogen-bond acceptors (Lipinski definition) is 0. The van der Waals surface area contributed by atoms with Gasteiger partial charge in [0.05, 0.1) is 20.1 Å². The van der Waals surface area contributed by atoms with Crippen LogP contribution in [0.4, 0.5) is 0 Å². The zero-order valence-corrected chi connectivity index (χ0v) is 12.0. The fourth-order valence-corrected chi connectivity index (χ4v) is 2.72. The fraction of sp³-hybridized carbons (Fsp3) is 0. The molecule has 0 atom stereocenters. The lowest BCUT2D eigenvalue weighted by molar-refractivity contribution is 1.75. The molecular formula is C14H6Cl4. The summed E-state index contributed by atoms with van der Waals surface area (Å²) >= 11 is 24.2. The van der Waals surface area contributed by atoms with Gasteiger partial charge in [-0.25, -0.2) is 0 Å². The molecule has 0 amide bonds. The van der Waals surface area contributed by atoms with Crippen LogP contribution in [0.2, 0.25) is 20.1 Å². The molecule has 0 aliphatic rings. The van der Waals surface area contributed by atoms with Crippen molar-refractivity contribution in [3.05, 3.63) is 56.5 Å². The molecule has 0 saturated heterocycles. The predicted molar refractivity (Wildman–Crippen MR) is 81.5 cm³/mol. The van der Waals surface area contributed by atoms with E-state index < -0.39 is 0 Å². The second-order valence-corrected chi connectivity index (χ2v) is 5.67. The van der Waals surface area contributed by atoms with Crippen LogP contribution in [0.25, 0.3) is 21.5 Å². The van der Waals surface area contributed by atoms with Gasteiger partial charge < -0.3 is 0 Å². The van der Waals surface area contributed by atoms with Gasteiger partial charge in [0.15, 0.2) is 0 Å². The van der Waals surface area contributed by atoms with E-state index in [1.807, 2.05) is 36.4 Å². The molecule has 0 saturated carbocycles. The molecule has 0 heterocycles. The molecule has 0 radical (unpaired) electrons. The summed E-state index contributed by atoms with van der Waals surface area (Å²) in [5, 5.41) is 6.23. The molecular weight excluding hydrogens is 310 g/mol. The van der Waals surface area contributed by atoms with Gasteiger partial charge in [0.25, 0.3) is 0 Å². The topological polar surface area (TPSA) is 0 Å². The van der Waals surface area contributed by atoms with E-state index in [9.17, 15) is 0 Å². The summed E-state index contributed by atoms with van der Waals surface area (Å²) in [5.41, 5.74) is 0. The van der Waals surface area contributed by atoms with Crippen LogP contribution in [0.3, 0.4) is 0 Å². The van der Waals surface area contributed by atoms with Crippen LogP contribution in [0.5, 0.6) is 0 Å². The number of hydrogen-bond donors (Lipinski definition) is 0. The molecule has 4 heteroatoms. The Morgan fingerprint density at radius 2 is 0.833 bits per heavy atom. The summed E-state index contributed by atoms with van der Waals surface area (Å²) in [6, 6.07) is 11.4. The highest BCUT2D eigenvalue weighted by Gasteiger charge is 2.07. The van der Waals surface area contributed by atoms with Gasteiger partial charge in [-0.3, -0.25) is 0 Å². The van der Waals surface area contributed by atoms with Gasteiger partial charge in [0.1, 0.15) is 0 Å². The largest absolute Gasteiger partial charge is 0.0827 e. The third kappa shape index (κ3) is 1.94. The minimum Gasteiger partial charge on any atom is -0.0827 e. The number of benzene rings is 3. The van der Waals surface area contributed by atoms with Crippen molar-refractivity contribution in [1.29, 1.82) is 0 Å². The van der Waals surface area contributed by atoms with Crippen LogP contribution >= 0.6 is 46.4 Å². The van der Waals surface area contributed by atoms with Crippen molar-refractivity contribution in [3.8, 4) is 0 Å². The molecule has 0 aliphatic carbocycles. The van der Waals surface area contributed by atoms with Gasteiger partial charge in [0, 0.05) is 0 Å². The molecule has 0 nitrogen and oxygen atoms in total. The monoisotopic (exact) mass is 314 g/mol. The van der Waals surface area contributed by atoms with Crippen LogP contribution in [0.15, 0.2) is 36.4 Å². The highest BCUT2D eigenvalue weighted by molar-refractivity contribution is 6.44. The Bertz CT molecular complexity index is 711. The average molecular weight is 316 g/mol. The predicted octanol–water partition coefficient (Wildman–Crippen LogP) is 6.61. The van der Waals surface area contributed by atoms with Crippen LogP contribution in [0.1, 0.15) is 0 Å². The zero-order valence-electron chi connectivity index (χ0n) is 8.98. The summed E-state index contributed by atoms with van der Waals surface area (Å²) in [5.74, 6) is 0. The molecule has 0 N–H and O–H groups in total. The van der Waals surface area contributed by atoms with E-state index in [-0.39, 0.29) is 0 Å². The maximum atomic E-state index is 6.07. The van der Waals surface area contributed by atoms with Gasteiger partial charge in [-0.1, -0.05) is 58.5 Å². The minimum absolute atomic E-state index is 0.530. The lowest BCUT2D eigenvalue weighted by Gasteiger charge is -2.07. The molecule has 0 aliphatic heterocycles. The summed E-state index contributed by atoms with van der Waals surface area (Å²) in [6.07, 6.45) is 0. The summed E-state index contributed by atoms with van der Waals surface area (Å²) in [6.45, 7) is 0. The smallest absolute Gasteiger partial charge is 0.0598 e. The van der Waals surface area contributed by atoms with E-state index in [1.165, 1.54) is 0 Å². The van der Waals surface area contributed by atoms with E-state index in [4.69, 9.17) is 46.4 Å². The molecule has 3 aromatic rings. The van der Waals surface area contributed by atoms with Gasteiger partial charge in [-0.05, 0) is 45.8 Å². The standard InChI is InChI=1S/C14H6Cl4/c15-11-3-7-1-2-8-4-12(16)14(18)6-10(8)9(7)5-13(11)17/h1-6H. The van der Waals surface area contributed by atoms with Crippen molar-refractivity contribution in [2.75, 3.05) is 0 Å². The van der Waals surface area contributed by atoms with Crippen LogP contribution < -0.4 is 0 Å². The molecule has 3 aromatic carbocycles. The molecule has 18 heavy (non-hydrogen) atoms. The van der Waals surface area contributed by atoms with E-state index in [1.54, 1.807) is 0 Å². The first-order valence-electron chi connectivity index (χ1n) is 5.23. The Kier molecular flexibility index (Phi) is 3.07. The van der Waals surface area contributed by atoms with Crippen LogP contribution in [-0.4, -0.2) is 0 Å². The van der Waals surface area contributed by atoms with E-state index in [0.29, 0.717) is 20.1 Å². The lowest BCUT2D eigenvalue weighted by atomic mass is 10.0. The zero-order chi connectivity index (χ0) is 12.9. The second-order valence-electron chi connectivity index (χ2n) is 4.04. The maximum Gasteiger partial charge on any atom is 0.0598 e.